The number of methoxy groups -OCH3 is 1. The molecule has 0 radical (unpaired) electrons. The molecule has 0 bridgehead atoms. The Bertz CT molecular complexity index is 800. The van der Waals surface area contributed by atoms with Crippen LogP contribution in [0.15, 0.2) is 36.4 Å². The third-order valence-corrected chi connectivity index (χ3v) is 4.11. The summed E-state index contributed by atoms with van der Waals surface area (Å²) in [5.41, 5.74) is 3.73. The number of benzene rings is 2. The summed E-state index contributed by atoms with van der Waals surface area (Å²) in [6, 6.07) is 9.31. The van der Waals surface area contributed by atoms with Crippen molar-refractivity contribution in [3.05, 3.63) is 58.1 Å². The molecular weight excluding hydrogens is 338 g/mol. The summed E-state index contributed by atoms with van der Waals surface area (Å²) in [5, 5.41) is 3.32. The highest BCUT2D eigenvalue weighted by atomic mass is 35.5. The molecule has 2 rings (SSSR count). The molecule has 2 aromatic carbocycles. The van der Waals surface area contributed by atoms with Crippen LogP contribution in [0.1, 0.15) is 23.6 Å². The van der Waals surface area contributed by atoms with Gasteiger partial charge in [0.2, 0.25) is 5.91 Å². The Balaban J connectivity index is 2.17. The zero-order valence-corrected chi connectivity index (χ0v) is 15.6. The maximum absolute atomic E-state index is 12.2. The van der Waals surface area contributed by atoms with Gasteiger partial charge in [-0.1, -0.05) is 23.7 Å². The molecule has 1 amide bonds. The fourth-order valence-electron chi connectivity index (χ4n) is 2.35. The molecule has 0 atom stereocenters. The molecule has 0 aliphatic carbocycles. The van der Waals surface area contributed by atoms with E-state index in [1.54, 1.807) is 25.3 Å². The van der Waals surface area contributed by atoms with E-state index in [9.17, 15) is 4.79 Å². The summed E-state index contributed by atoms with van der Waals surface area (Å²) in [7, 11) is 1.55. The number of ether oxygens (including phenoxy) is 2. The highest BCUT2D eigenvalue weighted by molar-refractivity contribution is 6.32. The number of amides is 1. The zero-order chi connectivity index (χ0) is 18.4. The van der Waals surface area contributed by atoms with Crippen molar-refractivity contribution in [2.45, 2.75) is 20.8 Å². The van der Waals surface area contributed by atoms with E-state index in [4.69, 9.17) is 21.1 Å². The number of nitrogens with one attached hydrogen (secondary N) is 1. The summed E-state index contributed by atoms with van der Waals surface area (Å²) in [6.07, 6.45) is 3.15. The number of carbonyl (C=O) groups excluding carboxylic acids is 1. The molecule has 0 saturated heterocycles. The lowest BCUT2D eigenvalue weighted by molar-refractivity contribution is -0.111. The van der Waals surface area contributed by atoms with Crippen LogP contribution in [0.4, 0.5) is 5.69 Å². The topological polar surface area (TPSA) is 47.6 Å². The lowest BCUT2D eigenvalue weighted by Gasteiger charge is -2.12. The van der Waals surface area contributed by atoms with Crippen molar-refractivity contribution in [2.75, 3.05) is 19.0 Å². The normalized spacial score (nSPS) is 10.8. The quantitative estimate of drug-likeness (QED) is 0.737. The predicted molar refractivity (Wildman–Crippen MR) is 103 cm³/mol. The van der Waals surface area contributed by atoms with Crippen LogP contribution in [-0.4, -0.2) is 19.6 Å². The molecule has 1 N–H and O–H groups in total. The number of carbonyl (C=O) groups is 1. The molecular formula is C20H22ClNO3. The molecule has 0 aliphatic rings. The van der Waals surface area contributed by atoms with Crippen LogP contribution in [0.2, 0.25) is 5.02 Å². The van der Waals surface area contributed by atoms with E-state index in [2.05, 4.69) is 5.32 Å². The van der Waals surface area contributed by atoms with Crippen molar-refractivity contribution in [1.29, 1.82) is 0 Å². The van der Waals surface area contributed by atoms with Gasteiger partial charge in [-0.3, -0.25) is 4.79 Å². The molecule has 0 fully saturated rings. The van der Waals surface area contributed by atoms with E-state index in [0.29, 0.717) is 23.1 Å². The van der Waals surface area contributed by atoms with Crippen LogP contribution in [-0.2, 0) is 4.79 Å². The van der Waals surface area contributed by atoms with Crippen LogP contribution < -0.4 is 14.8 Å². The molecule has 0 aliphatic heterocycles. The summed E-state index contributed by atoms with van der Waals surface area (Å²) < 4.78 is 10.8. The number of anilines is 1. The predicted octanol–water partition coefficient (Wildman–Crippen LogP) is 5.02. The van der Waals surface area contributed by atoms with Crippen molar-refractivity contribution in [3.63, 3.8) is 0 Å². The van der Waals surface area contributed by atoms with Crippen molar-refractivity contribution >= 4 is 29.3 Å². The second-order valence-corrected chi connectivity index (χ2v) is 5.94. The summed E-state index contributed by atoms with van der Waals surface area (Å²) in [4.78, 5) is 12.2. The van der Waals surface area contributed by atoms with Crippen LogP contribution in [0, 0.1) is 13.8 Å². The smallest absolute Gasteiger partial charge is 0.248 e. The van der Waals surface area contributed by atoms with E-state index >= 15 is 0 Å². The van der Waals surface area contributed by atoms with E-state index in [1.165, 1.54) is 6.08 Å². The fourth-order valence-corrected chi connectivity index (χ4v) is 2.63. The minimum absolute atomic E-state index is 0.210. The van der Waals surface area contributed by atoms with Gasteiger partial charge < -0.3 is 14.8 Å². The van der Waals surface area contributed by atoms with Crippen LogP contribution in [0.5, 0.6) is 11.5 Å². The van der Waals surface area contributed by atoms with E-state index in [0.717, 1.165) is 22.4 Å². The molecule has 5 heteroatoms. The van der Waals surface area contributed by atoms with Crippen LogP contribution >= 0.6 is 11.6 Å². The average molecular weight is 360 g/mol. The van der Waals surface area contributed by atoms with Gasteiger partial charge in [0.05, 0.1) is 18.7 Å². The minimum atomic E-state index is -0.210. The van der Waals surface area contributed by atoms with E-state index < -0.39 is 0 Å². The highest BCUT2D eigenvalue weighted by Crippen LogP contribution is 2.36. The SMILES string of the molecule is CCOc1c(Cl)cc(/C=C/C(=O)Nc2cccc(C)c2C)cc1OC. The lowest BCUT2D eigenvalue weighted by Crippen LogP contribution is -2.09. The van der Waals surface area contributed by atoms with Crippen LogP contribution in [0.25, 0.3) is 6.08 Å². The number of halogens is 1. The average Bonchev–Trinajstić information content (AvgIpc) is 2.59. The highest BCUT2D eigenvalue weighted by Gasteiger charge is 2.11. The van der Waals surface area contributed by atoms with Crippen LogP contribution in [0.3, 0.4) is 0 Å². The molecule has 4 nitrogen and oxygen atoms in total. The first-order valence-corrected chi connectivity index (χ1v) is 8.39. The Hall–Kier alpha value is -2.46. The maximum Gasteiger partial charge on any atom is 0.248 e. The van der Waals surface area contributed by atoms with Gasteiger partial charge in [-0.25, -0.2) is 0 Å². The van der Waals surface area contributed by atoms with Gasteiger partial charge in [-0.15, -0.1) is 0 Å². The summed E-state index contributed by atoms with van der Waals surface area (Å²) in [5.74, 6) is 0.824. The Morgan fingerprint density at radius 3 is 2.72 bits per heavy atom. The van der Waals surface area contributed by atoms with Crippen molar-refractivity contribution in [1.82, 2.24) is 0 Å². The van der Waals surface area contributed by atoms with Crippen molar-refractivity contribution < 1.29 is 14.3 Å². The second-order valence-electron chi connectivity index (χ2n) is 5.54. The van der Waals surface area contributed by atoms with Gasteiger partial charge in [-0.2, -0.15) is 0 Å². The van der Waals surface area contributed by atoms with E-state index in [-0.39, 0.29) is 5.91 Å². The molecule has 132 valence electrons. The van der Waals surface area contributed by atoms with Gasteiger partial charge in [0, 0.05) is 11.8 Å². The third kappa shape index (κ3) is 4.77. The van der Waals surface area contributed by atoms with Gasteiger partial charge in [0.1, 0.15) is 0 Å². The number of hydrogen-bond donors (Lipinski definition) is 1. The Labute approximate surface area is 153 Å². The monoisotopic (exact) mass is 359 g/mol. The maximum atomic E-state index is 12.2. The third-order valence-electron chi connectivity index (χ3n) is 3.83. The molecule has 0 heterocycles. The van der Waals surface area contributed by atoms with Gasteiger partial charge in [0.25, 0.3) is 0 Å². The van der Waals surface area contributed by atoms with E-state index in [1.807, 2.05) is 39.0 Å². The number of aryl methyl sites for hydroxylation is 1. The second kappa shape index (κ2) is 8.58. The Morgan fingerprint density at radius 2 is 2.04 bits per heavy atom. The Kier molecular flexibility index (Phi) is 6.48. The molecule has 0 spiro atoms. The first kappa shape index (κ1) is 18.9. The minimum Gasteiger partial charge on any atom is -0.493 e. The lowest BCUT2D eigenvalue weighted by atomic mass is 10.1. The summed E-state index contributed by atoms with van der Waals surface area (Å²) >= 11 is 6.24. The number of rotatable bonds is 6. The molecule has 0 aromatic heterocycles. The molecule has 0 saturated carbocycles. The van der Waals surface area contributed by atoms with Gasteiger partial charge in [-0.05, 0) is 61.7 Å². The molecule has 0 unspecified atom stereocenters. The largest absolute Gasteiger partial charge is 0.493 e. The Morgan fingerprint density at radius 1 is 1.28 bits per heavy atom. The van der Waals surface area contributed by atoms with Crippen molar-refractivity contribution in [3.8, 4) is 11.5 Å². The molecule has 2 aromatic rings. The number of hydrogen-bond acceptors (Lipinski definition) is 3. The molecule has 25 heavy (non-hydrogen) atoms. The van der Waals surface area contributed by atoms with Crippen molar-refractivity contribution in [2.24, 2.45) is 0 Å². The van der Waals surface area contributed by atoms with Gasteiger partial charge in [0.15, 0.2) is 11.5 Å². The zero-order valence-electron chi connectivity index (χ0n) is 14.9. The van der Waals surface area contributed by atoms with Gasteiger partial charge >= 0.3 is 0 Å². The first-order chi connectivity index (χ1) is 12.0. The first-order valence-electron chi connectivity index (χ1n) is 8.01. The summed E-state index contributed by atoms with van der Waals surface area (Å²) in [6.45, 7) is 6.35. The standard InChI is InChI=1S/C20H22ClNO3/c1-5-25-20-16(21)11-15(12-18(20)24-4)9-10-19(23)22-17-8-6-7-13(2)14(17)3/h6-12H,5H2,1-4H3,(H,22,23)/b10-9+. The fraction of sp³-hybridized carbons (Fsp3) is 0.250.